The summed E-state index contributed by atoms with van der Waals surface area (Å²) in [6.45, 7) is 0. The van der Waals surface area contributed by atoms with Crippen molar-refractivity contribution in [3.8, 4) is 0 Å². The number of rotatable bonds is 4. The Bertz CT molecular complexity index is 709. The second kappa shape index (κ2) is 5.59. The van der Waals surface area contributed by atoms with E-state index in [4.69, 9.17) is 0 Å². The summed E-state index contributed by atoms with van der Waals surface area (Å²) in [5.41, 5.74) is 1.08. The molecule has 0 saturated carbocycles. The quantitative estimate of drug-likeness (QED) is 0.921. The van der Waals surface area contributed by atoms with Gasteiger partial charge in [-0.15, -0.1) is 11.3 Å². The average Bonchev–Trinajstić information content (AvgIpc) is 2.93. The summed E-state index contributed by atoms with van der Waals surface area (Å²) in [6, 6.07) is 6.69. The maximum absolute atomic E-state index is 12.0. The van der Waals surface area contributed by atoms with E-state index in [0.717, 1.165) is 17.0 Å². The predicted molar refractivity (Wildman–Crippen MR) is 77.5 cm³/mol. The molecule has 0 unspecified atom stereocenters. The molecule has 1 heterocycles. The van der Waals surface area contributed by atoms with E-state index in [-0.39, 0.29) is 9.90 Å². The highest BCUT2D eigenvalue weighted by atomic mass is 32.2. The molecule has 8 heteroatoms. The normalized spacial score (nSPS) is 11.1. The Kier molecular flexibility index (Phi) is 4.05. The van der Waals surface area contributed by atoms with Crippen molar-refractivity contribution < 1.29 is 13.2 Å². The molecular weight excluding hydrogens is 298 g/mol. The van der Waals surface area contributed by atoms with Crippen LogP contribution in [0.4, 0.5) is 5.69 Å². The molecule has 2 aromatic rings. The van der Waals surface area contributed by atoms with Crippen LogP contribution in [0.5, 0.6) is 0 Å². The number of aromatic nitrogens is 1. The fourth-order valence-corrected chi connectivity index (χ4v) is 3.30. The molecule has 20 heavy (non-hydrogen) atoms. The molecule has 0 saturated heterocycles. The first-order chi connectivity index (χ1) is 9.40. The summed E-state index contributed by atoms with van der Waals surface area (Å²) in [5, 5.41) is 1.53. The molecule has 1 amide bonds. The summed E-state index contributed by atoms with van der Waals surface area (Å²) in [7, 11) is -0.230. The Balaban J connectivity index is 2.23. The van der Waals surface area contributed by atoms with Crippen molar-refractivity contribution in [2.45, 2.75) is 4.34 Å². The van der Waals surface area contributed by atoms with E-state index in [1.807, 2.05) is 29.8 Å². The second-order valence-electron chi connectivity index (χ2n) is 4.18. The molecule has 1 aromatic heterocycles. The van der Waals surface area contributed by atoms with Gasteiger partial charge in [0.15, 0.2) is 0 Å². The summed E-state index contributed by atoms with van der Waals surface area (Å²) in [5.74, 6) is -0.677. The lowest BCUT2D eigenvalue weighted by molar-refractivity contribution is 0.0981. The molecule has 0 aliphatic carbocycles. The molecule has 0 fully saturated rings. The maximum atomic E-state index is 12.0. The Morgan fingerprint density at radius 1 is 1.35 bits per heavy atom. The van der Waals surface area contributed by atoms with E-state index in [9.17, 15) is 13.2 Å². The van der Waals surface area contributed by atoms with Crippen molar-refractivity contribution in [3.63, 3.8) is 0 Å². The van der Waals surface area contributed by atoms with Gasteiger partial charge < -0.3 is 4.90 Å². The van der Waals surface area contributed by atoms with Crippen LogP contribution < -0.4 is 9.62 Å². The molecule has 0 bridgehead atoms. The number of anilines is 1. The minimum Gasteiger partial charge on any atom is -0.378 e. The monoisotopic (exact) mass is 311 g/mol. The first kappa shape index (κ1) is 14.5. The van der Waals surface area contributed by atoms with Crippen LogP contribution in [-0.2, 0) is 10.0 Å². The van der Waals surface area contributed by atoms with Crippen LogP contribution in [0.25, 0.3) is 0 Å². The molecule has 0 radical (unpaired) electrons. The number of benzene rings is 1. The third-order valence-corrected chi connectivity index (χ3v) is 5.02. The number of nitrogens with one attached hydrogen (secondary N) is 1. The number of hydrogen-bond acceptors (Lipinski definition) is 6. The van der Waals surface area contributed by atoms with E-state index in [2.05, 4.69) is 4.98 Å². The lowest BCUT2D eigenvalue weighted by Gasteiger charge is -2.13. The fraction of sp³-hybridized carbons (Fsp3) is 0.167. The summed E-state index contributed by atoms with van der Waals surface area (Å²) in [4.78, 5) is 17.5. The third kappa shape index (κ3) is 3.14. The number of sulfonamides is 1. The second-order valence-corrected chi connectivity index (χ2v) is 6.93. The van der Waals surface area contributed by atoms with Crippen LogP contribution in [-0.4, -0.2) is 33.4 Å². The van der Waals surface area contributed by atoms with Gasteiger partial charge in [-0.2, -0.15) is 8.42 Å². The molecule has 1 aromatic carbocycles. The zero-order valence-corrected chi connectivity index (χ0v) is 12.5. The Morgan fingerprint density at radius 3 is 2.70 bits per heavy atom. The van der Waals surface area contributed by atoms with E-state index in [1.54, 1.807) is 18.2 Å². The van der Waals surface area contributed by atoms with Gasteiger partial charge in [0.05, 0.1) is 0 Å². The lowest BCUT2D eigenvalue weighted by atomic mass is 10.2. The SMILES string of the molecule is CN(C)c1cccc(C(=O)NS(=O)(=O)c2nccs2)c1. The van der Waals surface area contributed by atoms with Gasteiger partial charge in [0.25, 0.3) is 15.9 Å². The van der Waals surface area contributed by atoms with Gasteiger partial charge in [0.1, 0.15) is 0 Å². The molecule has 2 rings (SSSR count). The average molecular weight is 311 g/mol. The minimum absolute atomic E-state index is 0.130. The highest BCUT2D eigenvalue weighted by molar-refractivity contribution is 7.92. The van der Waals surface area contributed by atoms with Gasteiger partial charge in [0, 0.05) is 36.9 Å². The van der Waals surface area contributed by atoms with Gasteiger partial charge in [-0.1, -0.05) is 6.07 Å². The van der Waals surface area contributed by atoms with Gasteiger partial charge in [0.2, 0.25) is 4.34 Å². The van der Waals surface area contributed by atoms with Crippen molar-refractivity contribution in [2.24, 2.45) is 0 Å². The number of nitrogens with zero attached hydrogens (tertiary/aromatic N) is 2. The van der Waals surface area contributed by atoms with Crippen molar-refractivity contribution in [2.75, 3.05) is 19.0 Å². The number of amides is 1. The predicted octanol–water partition coefficient (Wildman–Crippen LogP) is 1.33. The lowest BCUT2D eigenvalue weighted by Crippen LogP contribution is -2.30. The number of carbonyl (C=O) groups excluding carboxylic acids is 1. The molecule has 0 aliphatic rings. The van der Waals surface area contributed by atoms with Crippen molar-refractivity contribution in [1.29, 1.82) is 0 Å². The third-order valence-electron chi connectivity index (χ3n) is 2.49. The van der Waals surface area contributed by atoms with E-state index in [1.165, 1.54) is 11.6 Å². The van der Waals surface area contributed by atoms with Crippen molar-refractivity contribution >= 4 is 33.0 Å². The van der Waals surface area contributed by atoms with Crippen LogP contribution in [0.1, 0.15) is 10.4 Å². The van der Waals surface area contributed by atoms with E-state index in [0.29, 0.717) is 0 Å². The van der Waals surface area contributed by atoms with Gasteiger partial charge in [-0.05, 0) is 18.2 Å². The first-order valence-electron chi connectivity index (χ1n) is 5.64. The minimum atomic E-state index is -3.90. The Hall–Kier alpha value is -1.93. The zero-order valence-electron chi connectivity index (χ0n) is 10.9. The molecule has 1 N–H and O–H groups in total. The zero-order chi connectivity index (χ0) is 14.8. The smallest absolute Gasteiger partial charge is 0.291 e. The number of hydrogen-bond donors (Lipinski definition) is 1. The van der Waals surface area contributed by atoms with Crippen LogP contribution in [0.15, 0.2) is 40.2 Å². The molecular formula is C12H13N3O3S2. The van der Waals surface area contributed by atoms with Crippen molar-refractivity contribution in [1.82, 2.24) is 9.71 Å². The summed E-state index contributed by atoms with van der Waals surface area (Å²) >= 11 is 0.953. The Morgan fingerprint density at radius 2 is 2.10 bits per heavy atom. The van der Waals surface area contributed by atoms with Crippen LogP contribution in [0.3, 0.4) is 0 Å². The Labute approximate surface area is 121 Å². The largest absolute Gasteiger partial charge is 0.378 e. The highest BCUT2D eigenvalue weighted by Gasteiger charge is 2.21. The molecule has 0 spiro atoms. The highest BCUT2D eigenvalue weighted by Crippen LogP contribution is 2.15. The van der Waals surface area contributed by atoms with E-state index >= 15 is 0 Å². The first-order valence-corrected chi connectivity index (χ1v) is 8.00. The molecule has 0 aliphatic heterocycles. The fourth-order valence-electron chi connectivity index (χ4n) is 1.49. The molecule has 106 valence electrons. The van der Waals surface area contributed by atoms with Crippen LogP contribution >= 0.6 is 11.3 Å². The standard InChI is InChI=1S/C12H13N3O3S2/c1-15(2)10-5-3-4-9(8-10)11(16)14-20(17,18)12-13-6-7-19-12/h3-8H,1-2H3,(H,14,16). The topological polar surface area (TPSA) is 79.4 Å². The molecule has 0 atom stereocenters. The van der Waals surface area contributed by atoms with Gasteiger partial charge in [-0.3, -0.25) is 4.79 Å². The maximum Gasteiger partial charge on any atom is 0.291 e. The number of thiazole rings is 1. The van der Waals surface area contributed by atoms with Gasteiger partial charge >= 0.3 is 0 Å². The molecule has 6 nitrogen and oxygen atoms in total. The summed E-state index contributed by atoms with van der Waals surface area (Å²) in [6.07, 6.45) is 1.37. The van der Waals surface area contributed by atoms with Gasteiger partial charge in [-0.25, -0.2) is 9.71 Å². The van der Waals surface area contributed by atoms with E-state index < -0.39 is 15.9 Å². The van der Waals surface area contributed by atoms with Crippen LogP contribution in [0.2, 0.25) is 0 Å². The van der Waals surface area contributed by atoms with Crippen LogP contribution in [0, 0.1) is 0 Å². The van der Waals surface area contributed by atoms with Crippen molar-refractivity contribution in [3.05, 3.63) is 41.4 Å². The number of carbonyl (C=O) groups is 1. The summed E-state index contributed by atoms with van der Waals surface area (Å²) < 4.78 is 25.7.